The zero-order valence-electron chi connectivity index (χ0n) is 15.2. The summed E-state index contributed by atoms with van der Waals surface area (Å²) in [4.78, 5) is 4.47. The average molecular weight is 360 g/mol. The molecule has 2 aromatic rings. The number of benzene rings is 2. The van der Waals surface area contributed by atoms with Gasteiger partial charge in [-0.25, -0.2) is 4.39 Å². The number of nitrogens with zero attached hydrogens (tertiary/aromatic N) is 2. The molecule has 26 heavy (non-hydrogen) atoms. The molecule has 1 aliphatic heterocycles. The van der Waals surface area contributed by atoms with Gasteiger partial charge in [0.25, 0.3) is 0 Å². The summed E-state index contributed by atoms with van der Waals surface area (Å²) in [6, 6.07) is 12.1. The van der Waals surface area contributed by atoms with Crippen LogP contribution in [0, 0.1) is 5.82 Å². The minimum atomic E-state index is -0.591. The van der Waals surface area contributed by atoms with Crippen molar-refractivity contribution in [2.45, 2.75) is 6.10 Å². The Kier molecular flexibility index (Phi) is 5.96. The molecule has 1 fully saturated rings. The molecule has 1 heterocycles. The number of β-amino-alcohol motifs (C(OH)–C–C–N with tert-alkyl or cyclic N) is 1. The number of piperazine rings is 1. The summed E-state index contributed by atoms with van der Waals surface area (Å²) in [6.45, 7) is 3.96. The Hall–Kier alpha value is -2.31. The van der Waals surface area contributed by atoms with Gasteiger partial charge >= 0.3 is 0 Å². The largest absolute Gasteiger partial charge is 0.493 e. The van der Waals surface area contributed by atoms with E-state index in [1.807, 2.05) is 30.3 Å². The molecule has 0 radical (unpaired) electrons. The lowest BCUT2D eigenvalue weighted by Gasteiger charge is -2.37. The van der Waals surface area contributed by atoms with Gasteiger partial charge in [0.05, 0.1) is 20.3 Å². The van der Waals surface area contributed by atoms with Crippen LogP contribution in [0.15, 0.2) is 42.5 Å². The van der Waals surface area contributed by atoms with Gasteiger partial charge in [0, 0.05) is 38.4 Å². The normalized spacial score (nSPS) is 16.4. The van der Waals surface area contributed by atoms with Gasteiger partial charge in [-0.1, -0.05) is 6.07 Å². The van der Waals surface area contributed by atoms with Crippen LogP contribution in [0.1, 0.15) is 11.7 Å². The van der Waals surface area contributed by atoms with E-state index in [0.29, 0.717) is 18.0 Å². The summed E-state index contributed by atoms with van der Waals surface area (Å²) in [5, 5.41) is 10.6. The van der Waals surface area contributed by atoms with Crippen LogP contribution in [-0.2, 0) is 0 Å². The molecule has 6 heteroatoms. The lowest BCUT2D eigenvalue weighted by atomic mass is 10.1. The molecule has 0 amide bonds. The van der Waals surface area contributed by atoms with E-state index in [2.05, 4.69) is 9.80 Å². The number of halogens is 1. The van der Waals surface area contributed by atoms with E-state index in [1.54, 1.807) is 14.2 Å². The molecule has 5 nitrogen and oxygen atoms in total. The van der Waals surface area contributed by atoms with Gasteiger partial charge < -0.3 is 19.5 Å². The quantitative estimate of drug-likeness (QED) is 0.858. The van der Waals surface area contributed by atoms with Crippen molar-refractivity contribution in [1.29, 1.82) is 0 Å². The predicted molar refractivity (Wildman–Crippen MR) is 99.6 cm³/mol. The molecule has 0 spiro atoms. The first-order valence-electron chi connectivity index (χ1n) is 8.73. The molecule has 0 aliphatic carbocycles. The smallest absolute Gasteiger partial charge is 0.161 e. The summed E-state index contributed by atoms with van der Waals surface area (Å²) in [6.07, 6.45) is -0.591. The standard InChI is InChI=1S/C20H25FN2O3/c1-25-19-8-3-15(13-20(19)26-2)18(24)14-22-9-11-23(12-10-22)17-6-4-16(21)5-7-17/h3-8,13,18,24H,9-12,14H2,1-2H3. The Balaban J connectivity index is 1.56. The minimum absolute atomic E-state index is 0.217. The molecule has 1 aliphatic rings. The molecule has 1 unspecified atom stereocenters. The lowest BCUT2D eigenvalue weighted by molar-refractivity contribution is 0.109. The van der Waals surface area contributed by atoms with Crippen molar-refractivity contribution in [3.8, 4) is 11.5 Å². The van der Waals surface area contributed by atoms with Gasteiger partial charge in [-0.15, -0.1) is 0 Å². The molecule has 1 atom stereocenters. The highest BCUT2D eigenvalue weighted by atomic mass is 19.1. The number of hydrogen-bond acceptors (Lipinski definition) is 5. The molecule has 0 saturated carbocycles. The maximum absolute atomic E-state index is 13.1. The summed E-state index contributed by atoms with van der Waals surface area (Å²) in [5.74, 6) is 1.05. The summed E-state index contributed by atoms with van der Waals surface area (Å²) in [5.41, 5.74) is 1.84. The Labute approximate surface area is 153 Å². The number of rotatable bonds is 6. The molecular weight excluding hydrogens is 335 g/mol. The molecule has 2 aromatic carbocycles. The molecule has 0 aromatic heterocycles. The Morgan fingerprint density at radius 2 is 1.62 bits per heavy atom. The van der Waals surface area contributed by atoms with E-state index in [-0.39, 0.29) is 5.82 Å². The number of aliphatic hydroxyl groups is 1. The first-order chi connectivity index (χ1) is 12.6. The van der Waals surface area contributed by atoms with Gasteiger partial charge in [0.15, 0.2) is 11.5 Å². The van der Waals surface area contributed by atoms with Crippen LogP contribution in [0.4, 0.5) is 10.1 Å². The number of anilines is 1. The summed E-state index contributed by atoms with van der Waals surface area (Å²) in [7, 11) is 3.18. The number of ether oxygens (including phenoxy) is 2. The third kappa shape index (κ3) is 4.26. The second-order valence-electron chi connectivity index (χ2n) is 6.39. The van der Waals surface area contributed by atoms with Crippen molar-refractivity contribution in [2.24, 2.45) is 0 Å². The molecular formula is C20H25FN2O3. The van der Waals surface area contributed by atoms with Crippen LogP contribution < -0.4 is 14.4 Å². The molecule has 1 saturated heterocycles. The van der Waals surface area contributed by atoms with Crippen LogP contribution in [-0.4, -0.2) is 56.9 Å². The van der Waals surface area contributed by atoms with Gasteiger partial charge in [0.2, 0.25) is 0 Å². The van der Waals surface area contributed by atoms with Crippen molar-refractivity contribution >= 4 is 5.69 Å². The number of methoxy groups -OCH3 is 2. The number of hydrogen-bond donors (Lipinski definition) is 1. The average Bonchev–Trinajstić information content (AvgIpc) is 2.68. The van der Waals surface area contributed by atoms with E-state index in [0.717, 1.165) is 37.4 Å². The van der Waals surface area contributed by atoms with E-state index in [4.69, 9.17) is 9.47 Å². The van der Waals surface area contributed by atoms with Crippen molar-refractivity contribution in [2.75, 3.05) is 51.8 Å². The first kappa shape index (κ1) is 18.5. The van der Waals surface area contributed by atoms with Crippen molar-refractivity contribution < 1.29 is 19.0 Å². The van der Waals surface area contributed by atoms with Crippen LogP contribution in [0.25, 0.3) is 0 Å². The fraction of sp³-hybridized carbons (Fsp3) is 0.400. The lowest BCUT2D eigenvalue weighted by Crippen LogP contribution is -2.47. The molecule has 140 valence electrons. The maximum Gasteiger partial charge on any atom is 0.161 e. The Bertz CT molecular complexity index is 715. The van der Waals surface area contributed by atoms with E-state index < -0.39 is 6.10 Å². The topological polar surface area (TPSA) is 45.2 Å². The van der Waals surface area contributed by atoms with Crippen LogP contribution in [0.5, 0.6) is 11.5 Å². The predicted octanol–water partition coefficient (Wildman–Crippen LogP) is 2.70. The van der Waals surface area contributed by atoms with Crippen LogP contribution >= 0.6 is 0 Å². The fourth-order valence-electron chi connectivity index (χ4n) is 3.25. The van der Waals surface area contributed by atoms with Crippen molar-refractivity contribution in [3.05, 3.63) is 53.8 Å². The third-order valence-corrected chi connectivity index (χ3v) is 4.79. The second kappa shape index (κ2) is 8.38. The van der Waals surface area contributed by atoms with E-state index in [1.165, 1.54) is 12.1 Å². The van der Waals surface area contributed by atoms with Crippen LogP contribution in [0.3, 0.4) is 0 Å². The Morgan fingerprint density at radius 3 is 2.23 bits per heavy atom. The first-order valence-corrected chi connectivity index (χ1v) is 8.73. The van der Waals surface area contributed by atoms with Gasteiger partial charge in [-0.05, 0) is 42.0 Å². The molecule has 3 rings (SSSR count). The molecule has 1 N–H and O–H groups in total. The molecule has 0 bridgehead atoms. The Morgan fingerprint density at radius 1 is 0.962 bits per heavy atom. The van der Waals surface area contributed by atoms with Gasteiger partial charge in [-0.3, -0.25) is 4.90 Å². The maximum atomic E-state index is 13.1. The highest BCUT2D eigenvalue weighted by Gasteiger charge is 2.21. The summed E-state index contributed by atoms with van der Waals surface area (Å²) >= 11 is 0. The fourth-order valence-corrected chi connectivity index (χ4v) is 3.25. The highest BCUT2D eigenvalue weighted by Crippen LogP contribution is 2.30. The zero-order valence-corrected chi connectivity index (χ0v) is 15.2. The van der Waals surface area contributed by atoms with Crippen molar-refractivity contribution in [1.82, 2.24) is 4.90 Å². The third-order valence-electron chi connectivity index (χ3n) is 4.79. The SMILES string of the molecule is COc1ccc(C(O)CN2CCN(c3ccc(F)cc3)CC2)cc1OC. The van der Waals surface area contributed by atoms with Crippen molar-refractivity contribution in [3.63, 3.8) is 0 Å². The highest BCUT2D eigenvalue weighted by molar-refractivity contribution is 5.47. The second-order valence-corrected chi connectivity index (χ2v) is 6.39. The van der Waals surface area contributed by atoms with E-state index >= 15 is 0 Å². The van der Waals surface area contributed by atoms with Crippen LogP contribution in [0.2, 0.25) is 0 Å². The zero-order chi connectivity index (χ0) is 18.5. The summed E-state index contributed by atoms with van der Waals surface area (Å²) < 4.78 is 23.6. The number of aliphatic hydroxyl groups excluding tert-OH is 1. The van der Waals surface area contributed by atoms with Gasteiger partial charge in [0.1, 0.15) is 5.82 Å². The van der Waals surface area contributed by atoms with E-state index in [9.17, 15) is 9.50 Å². The minimum Gasteiger partial charge on any atom is -0.493 e. The monoisotopic (exact) mass is 360 g/mol. The van der Waals surface area contributed by atoms with Gasteiger partial charge in [-0.2, -0.15) is 0 Å².